The van der Waals surface area contributed by atoms with Crippen LogP contribution in [-0.4, -0.2) is 16.6 Å². The number of aromatic nitrogens is 1. The molecule has 3 N–H and O–H groups in total. The summed E-state index contributed by atoms with van der Waals surface area (Å²) in [6, 6.07) is 1.40. The molecule has 0 aromatic carbocycles. The smallest absolute Gasteiger partial charge is 0.326 e. The Morgan fingerprint density at radius 1 is 1.77 bits per heavy atom. The second-order valence-corrected chi connectivity index (χ2v) is 4.72. The van der Waals surface area contributed by atoms with E-state index in [2.05, 4.69) is 20.9 Å². The van der Waals surface area contributed by atoms with E-state index >= 15 is 0 Å². The van der Waals surface area contributed by atoms with Crippen molar-refractivity contribution in [2.45, 2.75) is 4.90 Å². The average molecular weight is 268 g/mol. The van der Waals surface area contributed by atoms with Crippen LogP contribution < -0.4 is 9.88 Å². The van der Waals surface area contributed by atoms with E-state index in [0.717, 1.165) is 0 Å². The molecule has 13 heavy (non-hydrogen) atoms. The molecule has 1 heterocycles. The summed E-state index contributed by atoms with van der Waals surface area (Å²) < 4.78 is 25.5. The number of hydrogen-bond acceptors (Lipinski definition) is 3. The first kappa shape index (κ1) is 10.6. The van der Waals surface area contributed by atoms with Gasteiger partial charge in [-0.1, -0.05) is 0 Å². The summed E-state index contributed by atoms with van der Waals surface area (Å²) >= 11 is 3.11. The fourth-order valence-electron chi connectivity index (χ4n) is 0.771. The minimum atomic E-state index is -3.54. The molecule has 1 unspecified atom stereocenters. The van der Waals surface area contributed by atoms with Gasteiger partial charge in [0.05, 0.1) is 7.11 Å². The van der Waals surface area contributed by atoms with Crippen LogP contribution in [0.2, 0.25) is 0 Å². The molecule has 1 atom stereocenters. The molecular formula is C6H8BrN2O3S+. The zero-order chi connectivity index (χ0) is 10.1. The van der Waals surface area contributed by atoms with Crippen LogP contribution in [0.25, 0.3) is 0 Å². The highest BCUT2D eigenvalue weighted by molar-refractivity contribution is 9.10. The minimum Gasteiger partial charge on any atom is -0.477 e. The monoisotopic (exact) mass is 267 g/mol. The van der Waals surface area contributed by atoms with Crippen molar-refractivity contribution in [2.75, 3.05) is 7.11 Å². The van der Waals surface area contributed by atoms with Crippen molar-refractivity contribution in [2.24, 2.45) is 5.14 Å². The molecule has 0 bridgehead atoms. The van der Waals surface area contributed by atoms with Crippen LogP contribution in [0.15, 0.2) is 21.6 Å². The highest BCUT2D eigenvalue weighted by Gasteiger charge is 2.29. The number of halogens is 1. The molecule has 1 rings (SSSR count). The van der Waals surface area contributed by atoms with E-state index in [0.29, 0.717) is 4.47 Å². The summed E-state index contributed by atoms with van der Waals surface area (Å²) in [4.78, 5) is 3.75. The van der Waals surface area contributed by atoms with Crippen molar-refractivity contribution in [3.05, 3.63) is 16.7 Å². The first-order valence-electron chi connectivity index (χ1n) is 3.19. The van der Waals surface area contributed by atoms with Gasteiger partial charge in [0, 0.05) is 16.7 Å². The topological polar surface area (TPSA) is 85.4 Å². The SMILES string of the molecule is COc1ncc(Br)cc1[S+](N)(=O)O. The van der Waals surface area contributed by atoms with E-state index < -0.39 is 10.4 Å². The maximum absolute atomic E-state index is 11.1. The fourth-order valence-corrected chi connectivity index (χ4v) is 1.94. The van der Waals surface area contributed by atoms with Crippen LogP contribution in [-0.2, 0) is 14.6 Å². The maximum Gasteiger partial charge on any atom is 0.326 e. The molecule has 0 amide bonds. The normalized spacial score (nSPS) is 15.1. The summed E-state index contributed by atoms with van der Waals surface area (Å²) in [5.41, 5.74) is 0. The van der Waals surface area contributed by atoms with Gasteiger partial charge in [-0.2, -0.15) is 4.55 Å². The summed E-state index contributed by atoms with van der Waals surface area (Å²) in [6.07, 6.45) is 1.45. The van der Waals surface area contributed by atoms with Crippen molar-refractivity contribution < 1.29 is 13.5 Å². The van der Waals surface area contributed by atoms with E-state index in [1.807, 2.05) is 0 Å². The molecular weight excluding hydrogens is 260 g/mol. The Morgan fingerprint density at radius 2 is 2.38 bits per heavy atom. The van der Waals surface area contributed by atoms with Crippen LogP contribution in [0.1, 0.15) is 0 Å². The second-order valence-electron chi connectivity index (χ2n) is 2.23. The quantitative estimate of drug-likeness (QED) is 0.785. The zero-order valence-corrected chi connectivity index (χ0v) is 9.13. The van der Waals surface area contributed by atoms with E-state index in [1.165, 1.54) is 19.4 Å². The summed E-state index contributed by atoms with van der Waals surface area (Å²) in [5, 5.41) is 5.04. The zero-order valence-electron chi connectivity index (χ0n) is 6.73. The summed E-state index contributed by atoms with van der Waals surface area (Å²) in [5.74, 6) is 0.0539. The fraction of sp³-hybridized carbons (Fsp3) is 0.167. The molecule has 0 aliphatic heterocycles. The van der Waals surface area contributed by atoms with Crippen LogP contribution in [0, 0.1) is 0 Å². The number of ether oxygens (including phenoxy) is 1. The standard InChI is InChI=1S/C6H7BrN2O3S/c1-12-6-5(13(8,10)11)2-4(7)3-9-6/h2-3H,1H3,(H2-,8,10,11)/p+1. The molecule has 0 radical (unpaired) electrons. The average Bonchev–Trinajstić information content (AvgIpc) is 2.03. The number of nitrogens with zero attached hydrogens (tertiary/aromatic N) is 1. The number of rotatable bonds is 2. The molecule has 0 spiro atoms. The molecule has 0 saturated heterocycles. The molecule has 72 valence electrons. The third-order valence-electron chi connectivity index (χ3n) is 1.29. The largest absolute Gasteiger partial charge is 0.477 e. The Labute approximate surface area is 84.8 Å². The molecule has 0 saturated carbocycles. The van der Waals surface area contributed by atoms with Crippen molar-refractivity contribution in [3.63, 3.8) is 0 Å². The number of methoxy groups -OCH3 is 1. The van der Waals surface area contributed by atoms with Gasteiger partial charge >= 0.3 is 10.4 Å². The lowest BCUT2D eigenvalue weighted by molar-refractivity contribution is 0.382. The second kappa shape index (κ2) is 3.70. The van der Waals surface area contributed by atoms with E-state index in [4.69, 9.17) is 14.4 Å². The van der Waals surface area contributed by atoms with Crippen molar-refractivity contribution in [1.82, 2.24) is 4.98 Å². The van der Waals surface area contributed by atoms with Gasteiger partial charge in [-0.3, -0.25) is 0 Å². The molecule has 0 aliphatic rings. The third kappa shape index (κ3) is 2.47. The highest BCUT2D eigenvalue weighted by Crippen LogP contribution is 2.25. The lowest BCUT2D eigenvalue weighted by Crippen LogP contribution is -2.21. The first-order valence-corrected chi connectivity index (χ1v) is 5.56. The van der Waals surface area contributed by atoms with Gasteiger partial charge < -0.3 is 4.74 Å². The lowest BCUT2D eigenvalue weighted by atomic mass is 10.5. The van der Waals surface area contributed by atoms with Gasteiger partial charge in [0.2, 0.25) is 0 Å². The molecule has 7 heteroatoms. The van der Waals surface area contributed by atoms with E-state index in [1.54, 1.807) is 0 Å². The van der Waals surface area contributed by atoms with Gasteiger partial charge in [-0.25, -0.2) is 4.98 Å². The van der Waals surface area contributed by atoms with Crippen LogP contribution >= 0.6 is 15.9 Å². The summed E-state index contributed by atoms with van der Waals surface area (Å²) in [6.45, 7) is 0. The van der Waals surface area contributed by atoms with Crippen molar-refractivity contribution >= 4 is 26.3 Å². The Bertz CT molecular complexity index is 365. The van der Waals surface area contributed by atoms with Gasteiger partial charge in [0.25, 0.3) is 10.8 Å². The molecule has 1 aromatic rings. The van der Waals surface area contributed by atoms with Crippen molar-refractivity contribution in [3.8, 4) is 5.88 Å². The summed E-state index contributed by atoms with van der Waals surface area (Å²) in [7, 11) is -2.18. The third-order valence-corrected chi connectivity index (χ3v) is 2.65. The van der Waals surface area contributed by atoms with Crippen molar-refractivity contribution in [1.29, 1.82) is 0 Å². The van der Waals surface area contributed by atoms with Gasteiger partial charge in [0.15, 0.2) is 0 Å². The predicted octanol–water partition coefficient (Wildman–Crippen LogP) is 1.06. The molecule has 0 aliphatic carbocycles. The Hall–Kier alpha value is -0.500. The van der Waals surface area contributed by atoms with Crippen LogP contribution in [0.3, 0.4) is 0 Å². The van der Waals surface area contributed by atoms with Crippen LogP contribution in [0.4, 0.5) is 0 Å². The molecule has 1 aromatic heterocycles. The van der Waals surface area contributed by atoms with Gasteiger partial charge in [0.1, 0.15) is 0 Å². The van der Waals surface area contributed by atoms with Gasteiger partial charge in [-0.15, -0.1) is 5.14 Å². The Balaban J connectivity index is 3.33. The first-order chi connectivity index (χ1) is 5.95. The molecule has 0 fully saturated rings. The molecule has 5 nitrogen and oxygen atoms in total. The van der Waals surface area contributed by atoms with E-state index in [-0.39, 0.29) is 10.8 Å². The van der Waals surface area contributed by atoms with E-state index in [9.17, 15) is 4.21 Å². The number of hydrogen-bond donors (Lipinski definition) is 2. The Kier molecular flexibility index (Phi) is 3.01. The lowest BCUT2D eigenvalue weighted by Gasteiger charge is -2.02. The van der Waals surface area contributed by atoms with Crippen LogP contribution in [0.5, 0.6) is 5.88 Å². The van der Waals surface area contributed by atoms with Gasteiger partial charge in [-0.05, 0) is 20.1 Å². The minimum absolute atomic E-state index is 0.0237. The number of nitrogens with two attached hydrogens (primary N) is 1. The number of pyridine rings is 1. The highest BCUT2D eigenvalue weighted by atomic mass is 79.9. The predicted molar refractivity (Wildman–Crippen MR) is 51.6 cm³/mol. The Morgan fingerprint density at radius 3 is 2.85 bits per heavy atom. The maximum atomic E-state index is 11.1.